The molecule has 0 radical (unpaired) electrons. The Morgan fingerprint density at radius 1 is 1.56 bits per heavy atom. The van der Waals surface area contributed by atoms with E-state index in [2.05, 4.69) is 41.5 Å². The van der Waals surface area contributed by atoms with Crippen LogP contribution in [0.3, 0.4) is 0 Å². The predicted molar refractivity (Wildman–Crippen MR) is 77.8 cm³/mol. The molecule has 3 nitrogen and oxygen atoms in total. The largest absolute Gasteiger partial charge is 0.316 e. The SMILES string of the molecule is CN(Cc1cscn1)CC(C)(C)C1CCCNC1. The summed E-state index contributed by atoms with van der Waals surface area (Å²) in [6.07, 6.45) is 2.69. The van der Waals surface area contributed by atoms with Crippen molar-refractivity contribution in [2.45, 2.75) is 33.2 Å². The summed E-state index contributed by atoms with van der Waals surface area (Å²) >= 11 is 1.68. The number of hydrogen-bond donors (Lipinski definition) is 1. The molecule has 1 N–H and O–H groups in total. The Kier molecular flexibility index (Phi) is 4.76. The van der Waals surface area contributed by atoms with E-state index in [1.165, 1.54) is 31.6 Å². The second-order valence-electron chi connectivity index (χ2n) is 6.18. The smallest absolute Gasteiger partial charge is 0.0795 e. The molecular weight excluding hydrogens is 242 g/mol. The maximum atomic E-state index is 4.36. The van der Waals surface area contributed by atoms with Crippen molar-refractivity contribution in [3.05, 3.63) is 16.6 Å². The Morgan fingerprint density at radius 2 is 2.39 bits per heavy atom. The second kappa shape index (κ2) is 6.13. The van der Waals surface area contributed by atoms with Crippen LogP contribution in [0.5, 0.6) is 0 Å². The molecule has 4 heteroatoms. The maximum Gasteiger partial charge on any atom is 0.0795 e. The highest BCUT2D eigenvalue weighted by Crippen LogP contribution is 2.32. The number of nitrogens with one attached hydrogen (secondary N) is 1. The summed E-state index contributed by atoms with van der Waals surface area (Å²) in [5, 5.41) is 5.68. The van der Waals surface area contributed by atoms with Crippen molar-refractivity contribution >= 4 is 11.3 Å². The van der Waals surface area contributed by atoms with Crippen LogP contribution in [0.2, 0.25) is 0 Å². The van der Waals surface area contributed by atoms with Gasteiger partial charge >= 0.3 is 0 Å². The third kappa shape index (κ3) is 3.77. The summed E-state index contributed by atoms with van der Waals surface area (Å²) < 4.78 is 0. The summed E-state index contributed by atoms with van der Waals surface area (Å²) in [6, 6.07) is 0. The van der Waals surface area contributed by atoms with Crippen molar-refractivity contribution in [3.63, 3.8) is 0 Å². The predicted octanol–water partition coefficient (Wildman–Crippen LogP) is 2.60. The fourth-order valence-electron chi connectivity index (χ4n) is 2.99. The summed E-state index contributed by atoms with van der Waals surface area (Å²) in [7, 11) is 2.21. The van der Waals surface area contributed by atoms with Crippen LogP contribution >= 0.6 is 11.3 Å². The lowest BCUT2D eigenvalue weighted by molar-refractivity contribution is 0.111. The average molecular weight is 267 g/mol. The van der Waals surface area contributed by atoms with E-state index in [4.69, 9.17) is 0 Å². The molecule has 1 aromatic rings. The van der Waals surface area contributed by atoms with Crippen molar-refractivity contribution in [1.82, 2.24) is 15.2 Å². The molecule has 1 aliphatic heterocycles. The third-order valence-corrected chi connectivity index (χ3v) is 4.63. The number of nitrogens with zero attached hydrogens (tertiary/aromatic N) is 2. The molecule has 0 amide bonds. The van der Waals surface area contributed by atoms with Crippen molar-refractivity contribution < 1.29 is 0 Å². The first-order chi connectivity index (χ1) is 8.58. The molecule has 0 aliphatic carbocycles. The molecule has 0 aromatic carbocycles. The first-order valence-corrected chi connectivity index (χ1v) is 7.78. The molecule has 1 fully saturated rings. The van der Waals surface area contributed by atoms with E-state index in [1.807, 2.05) is 5.51 Å². The van der Waals surface area contributed by atoms with Crippen LogP contribution in [0, 0.1) is 11.3 Å². The van der Waals surface area contributed by atoms with Crippen LogP contribution < -0.4 is 5.32 Å². The molecule has 0 spiro atoms. The highest BCUT2D eigenvalue weighted by Gasteiger charge is 2.31. The first-order valence-electron chi connectivity index (χ1n) is 6.84. The maximum absolute atomic E-state index is 4.36. The molecule has 1 atom stereocenters. The molecular formula is C14H25N3S. The Balaban J connectivity index is 1.86. The fraction of sp³-hybridized carbons (Fsp3) is 0.786. The van der Waals surface area contributed by atoms with Gasteiger partial charge < -0.3 is 5.32 Å². The molecule has 1 saturated heterocycles. The Morgan fingerprint density at radius 3 is 3.00 bits per heavy atom. The lowest BCUT2D eigenvalue weighted by Gasteiger charge is -2.39. The van der Waals surface area contributed by atoms with E-state index in [9.17, 15) is 0 Å². The van der Waals surface area contributed by atoms with Gasteiger partial charge in [0.2, 0.25) is 0 Å². The Labute approximate surface area is 115 Å². The fourth-order valence-corrected chi connectivity index (χ4v) is 3.54. The van der Waals surface area contributed by atoms with Gasteiger partial charge in [0.15, 0.2) is 0 Å². The summed E-state index contributed by atoms with van der Waals surface area (Å²) in [5.41, 5.74) is 3.48. The van der Waals surface area contributed by atoms with Gasteiger partial charge in [-0.25, -0.2) is 4.98 Å². The highest BCUT2D eigenvalue weighted by molar-refractivity contribution is 7.07. The van der Waals surface area contributed by atoms with Gasteiger partial charge in [0, 0.05) is 18.5 Å². The Hall–Kier alpha value is -0.450. The molecule has 0 bridgehead atoms. The van der Waals surface area contributed by atoms with Gasteiger partial charge in [0.05, 0.1) is 11.2 Å². The standard InChI is InChI=1S/C14H25N3S/c1-14(2,12-5-4-6-15-7-12)10-17(3)8-13-9-18-11-16-13/h9,11-12,15H,4-8,10H2,1-3H3. The number of hydrogen-bond acceptors (Lipinski definition) is 4. The minimum atomic E-state index is 0.373. The highest BCUT2D eigenvalue weighted by atomic mass is 32.1. The zero-order valence-electron chi connectivity index (χ0n) is 11.8. The van der Waals surface area contributed by atoms with E-state index in [0.717, 1.165) is 19.0 Å². The monoisotopic (exact) mass is 267 g/mol. The van der Waals surface area contributed by atoms with Gasteiger partial charge in [-0.05, 0) is 44.3 Å². The van der Waals surface area contributed by atoms with Crippen LogP contribution in [0.25, 0.3) is 0 Å². The quantitative estimate of drug-likeness (QED) is 0.889. The van der Waals surface area contributed by atoms with Gasteiger partial charge in [0.1, 0.15) is 0 Å². The van der Waals surface area contributed by atoms with E-state index >= 15 is 0 Å². The van der Waals surface area contributed by atoms with E-state index < -0.39 is 0 Å². The molecule has 1 aromatic heterocycles. The topological polar surface area (TPSA) is 28.2 Å². The first kappa shape index (κ1) is 14.0. The number of rotatable bonds is 5. The van der Waals surface area contributed by atoms with E-state index in [1.54, 1.807) is 11.3 Å². The summed E-state index contributed by atoms with van der Waals surface area (Å²) in [4.78, 5) is 6.77. The van der Waals surface area contributed by atoms with Crippen LogP contribution in [0.1, 0.15) is 32.4 Å². The zero-order chi connectivity index (χ0) is 13.0. The van der Waals surface area contributed by atoms with Crippen LogP contribution in [0.15, 0.2) is 10.9 Å². The minimum Gasteiger partial charge on any atom is -0.316 e. The number of piperidine rings is 1. The minimum absolute atomic E-state index is 0.373. The van der Waals surface area contributed by atoms with Crippen molar-refractivity contribution in [2.75, 3.05) is 26.7 Å². The van der Waals surface area contributed by atoms with E-state index in [-0.39, 0.29) is 0 Å². The molecule has 1 aliphatic rings. The van der Waals surface area contributed by atoms with Gasteiger partial charge in [-0.3, -0.25) is 4.90 Å². The number of thiazole rings is 1. The molecule has 102 valence electrons. The van der Waals surface area contributed by atoms with E-state index in [0.29, 0.717) is 5.41 Å². The average Bonchev–Trinajstić information content (AvgIpc) is 2.82. The summed E-state index contributed by atoms with van der Waals surface area (Å²) in [5.74, 6) is 0.795. The van der Waals surface area contributed by atoms with Crippen LogP contribution in [0.4, 0.5) is 0 Å². The van der Waals surface area contributed by atoms with Crippen molar-refractivity contribution in [2.24, 2.45) is 11.3 Å². The Bertz CT molecular complexity index is 342. The van der Waals surface area contributed by atoms with Gasteiger partial charge in [-0.15, -0.1) is 11.3 Å². The zero-order valence-corrected chi connectivity index (χ0v) is 12.6. The van der Waals surface area contributed by atoms with Crippen LogP contribution in [-0.2, 0) is 6.54 Å². The molecule has 1 unspecified atom stereocenters. The summed E-state index contributed by atoms with van der Waals surface area (Å²) in [6.45, 7) is 9.28. The molecule has 18 heavy (non-hydrogen) atoms. The molecule has 2 heterocycles. The van der Waals surface area contributed by atoms with Gasteiger partial charge in [-0.2, -0.15) is 0 Å². The van der Waals surface area contributed by atoms with Gasteiger partial charge in [-0.1, -0.05) is 13.8 Å². The molecule has 0 saturated carbocycles. The van der Waals surface area contributed by atoms with Crippen molar-refractivity contribution in [3.8, 4) is 0 Å². The van der Waals surface area contributed by atoms with Gasteiger partial charge in [0.25, 0.3) is 0 Å². The van der Waals surface area contributed by atoms with Crippen LogP contribution in [-0.4, -0.2) is 36.6 Å². The normalized spacial score (nSPS) is 21.4. The number of aromatic nitrogens is 1. The molecule has 2 rings (SSSR count). The lowest BCUT2D eigenvalue weighted by Crippen LogP contribution is -2.43. The van der Waals surface area contributed by atoms with Crippen molar-refractivity contribution in [1.29, 1.82) is 0 Å². The lowest BCUT2D eigenvalue weighted by atomic mass is 9.74. The third-order valence-electron chi connectivity index (χ3n) is 3.99. The second-order valence-corrected chi connectivity index (χ2v) is 6.90.